The monoisotopic (exact) mass is 460 g/mol. The van der Waals surface area contributed by atoms with Crippen molar-refractivity contribution in [2.75, 3.05) is 19.5 Å². The first-order chi connectivity index (χ1) is 13.4. The minimum atomic E-state index is -3.93. The van der Waals surface area contributed by atoms with Gasteiger partial charge in [0.05, 0.1) is 30.0 Å². The Balaban J connectivity index is 2.41. The summed E-state index contributed by atoms with van der Waals surface area (Å²) in [6.45, 7) is 5.11. The molecule has 0 fully saturated rings. The number of halogens is 2. The predicted octanol–water partition coefficient (Wildman–Crippen LogP) is 4.34. The molecule has 0 spiro atoms. The Morgan fingerprint density at radius 2 is 1.59 bits per heavy atom. The summed E-state index contributed by atoms with van der Waals surface area (Å²) in [6.07, 6.45) is 0. The second-order valence-corrected chi connectivity index (χ2v) is 9.61. The van der Waals surface area contributed by atoms with Crippen molar-refractivity contribution in [1.82, 2.24) is 4.72 Å². The van der Waals surface area contributed by atoms with Gasteiger partial charge in [0.25, 0.3) is 5.91 Å². The Kier molecular flexibility index (Phi) is 7.06. The Hall–Kier alpha value is -2.00. The molecule has 1 amide bonds. The van der Waals surface area contributed by atoms with Gasteiger partial charge in [0.2, 0.25) is 10.0 Å². The first kappa shape index (κ1) is 23.3. The number of benzene rings is 2. The van der Waals surface area contributed by atoms with E-state index in [1.54, 1.807) is 20.8 Å². The fourth-order valence-electron chi connectivity index (χ4n) is 2.46. The van der Waals surface area contributed by atoms with E-state index in [2.05, 4.69) is 10.0 Å². The van der Waals surface area contributed by atoms with Gasteiger partial charge in [0.1, 0.15) is 16.4 Å². The first-order valence-corrected chi connectivity index (χ1v) is 10.7. The molecule has 0 saturated carbocycles. The zero-order chi connectivity index (χ0) is 22.0. The summed E-state index contributed by atoms with van der Waals surface area (Å²) in [7, 11) is -1.06. The van der Waals surface area contributed by atoms with Crippen LogP contribution in [0.4, 0.5) is 5.69 Å². The predicted molar refractivity (Wildman–Crippen MR) is 114 cm³/mol. The van der Waals surface area contributed by atoms with Gasteiger partial charge in [-0.1, -0.05) is 23.2 Å². The lowest BCUT2D eigenvalue weighted by Gasteiger charge is -2.21. The standard InChI is InChI=1S/C19H22Cl2N2O5S/c1-19(2,3)23-29(25,26)17-8-11(6-7-12(17)20)18(24)22-14-10-15(27-4)13(21)9-16(14)28-5/h6-10,23H,1-5H3,(H,22,24). The summed E-state index contributed by atoms with van der Waals surface area (Å²) >= 11 is 12.1. The lowest BCUT2D eigenvalue weighted by atomic mass is 10.1. The summed E-state index contributed by atoms with van der Waals surface area (Å²) < 4.78 is 38.2. The molecular formula is C19H22Cl2N2O5S. The minimum absolute atomic E-state index is 0.00374. The highest BCUT2D eigenvalue weighted by molar-refractivity contribution is 7.89. The lowest BCUT2D eigenvalue weighted by molar-refractivity contribution is 0.102. The van der Waals surface area contributed by atoms with Crippen LogP contribution >= 0.6 is 23.2 Å². The molecule has 10 heteroatoms. The van der Waals surface area contributed by atoms with Crippen LogP contribution in [0.25, 0.3) is 0 Å². The number of carbonyl (C=O) groups is 1. The number of ether oxygens (including phenoxy) is 2. The normalized spacial score (nSPS) is 11.8. The molecule has 0 radical (unpaired) electrons. The first-order valence-electron chi connectivity index (χ1n) is 8.44. The summed E-state index contributed by atoms with van der Waals surface area (Å²) in [5, 5.41) is 2.98. The van der Waals surface area contributed by atoms with Crippen LogP contribution in [0.1, 0.15) is 31.1 Å². The van der Waals surface area contributed by atoms with Crippen LogP contribution in [-0.2, 0) is 10.0 Å². The molecule has 2 aromatic carbocycles. The van der Waals surface area contributed by atoms with Crippen molar-refractivity contribution in [1.29, 1.82) is 0 Å². The van der Waals surface area contributed by atoms with Gasteiger partial charge in [0, 0.05) is 23.2 Å². The number of carbonyl (C=O) groups excluding carboxylic acids is 1. The molecule has 2 rings (SSSR count). The van der Waals surface area contributed by atoms with Crippen LogP contribution in [-0.4, -0.2) is 34.1 Å². The summed E-state index contributed by atoms with van der Waals surface area (Å²) in [5.41, 5.74) is -0.307. The summed E-state index contributed by atoms with van der Waals surface area (Å²) in [5.74, 6) is 0.105. The number of anilines is 1. The second-order valence-electron chi connectivity index (χ2n) is 7.14. The second kappa shape index (κ2) is 8.79. The summed E-state index contributed by atoms with van der Waals surface area (Å²) in [6, 6.07) is 7.00. The Bertz CT molecular complexity index is 1030. The van der Waals surface area contributed by atoms with Crippen LogP contribution < -0.4 is 19.5 Å². The number of amides is 1. The Morgan fingerprint density at radius 1 is 0.966 bits per heavy atom. The van der Waals surface area contributed by atoms with Crippen molar-refractivity contribution in [2.45, 2.75) is 31.2 Å². The van der Waals surface area contributed by atoms with E-state index in [1.165, 1.54) is 44.6 Å². The average molecular weight is 461 g/mol. The molecule has 0 aliphatic carbocycles. The van der Waals surface area contributed by atoms with Gasteiger partial charge in [0.15, 0.2) is 0 Å². The topological polar surface area (TPSA) is 93.7 Å². The molecule has 0 bridgehead atoms. The van der Waals surface area contributed by atoms with E-state index in [4.69, 9.17) is 32.7 Å². The van der Waals surface area contributed by atoms with Crippen LogP contribution in [0.3, 0.4) is 0 Å². The minimum Gasteiger partial charge on any atom is -0.495 e. The third kappa shape index (κ3) is 5.76. The maximum Gasteiger partial charge on any atom is 0.255 e. The average Bonchev–Trinajstić information content (AvgIpc) is 2.60. The quantitative estimate of drug-likeness (QED) is 0.668. The van der Waals surface area contributed by atoms with Crippen molar-refractivity contribution < 1.29 is 22.7 Å². The van der Waals surface area contributed by atoms with Crippen LogP contribution in [0, 0.1) is 0 Å². The number of hydrogen-bond acceptors (Lipinski definition) is 5. The molecule has 0 aliphatic heterocycles. The van der Waals surface area contributed by atoms with Crippen molar-refractivity contribution in [3.8, 4) is 11.5 Å². The van der Waals surface area contributed by atoms with Crippen LogP contribution in [0.15, 0.2) is 35.2 Å². The smallest absolute Gasteiger partial charge is 0.255 e. The molecule has 7 nitrogen and oxygen atoms in total. The van der Waals surface area contributed by atoms with Crippen molar-refractivity contribution in [3.05, 3.63) is 45.9 Å². The molecule has 0 atom stereocenters. The number of nitrogens with one attached hydrogen (secondary N) is 2. The zero-order valence-corrected chi connectivity index (χ0v) is 18.9. The van der Waals surface area contributed by atoms with E-state index in [-0.39, 0.29) is 15.5 Å². The summed E-state index contributed by atoms with van der Waals surface area (Å²) in [4.78, 5) is 12.6. The molecule has 0 saturated heterocycles. The number of sulfonamides is 1. The van der Waals surface area contributed by atoms with E-state index in [9.17, 15) is 13.2 Å². The van der Waals surface area contributed by atoms with E-state index < -0.39 is 21.5 Å². The van der Waals surface area contributed by atoms with Crippen LogP contribution in [0.5, 0.6) is 11.5 Å². The molecule has 0 unspecified atom stereocenters. The third-order valence-electron chi connectivity index (χ3n) is 3.65. The van der Waals surface area contributed by atoms with E-state index in [0.717, 1.165) is 0 Å². The Morgan fingerprint density at radius 3 is 2.14 bits per heavy atom. The fourth-order valence-corrected chi connectivity index (χ4v) is 4.64. The van der Waals surface area contributed by atoms with Gasteiger partial charge >= 0.3 is 0 Å². The SMILES string of the molecule is COc1cc(NC(=O)c2ccc(Cl)c(S(=O)(=O)NC(C)(C)C)c2)c(OC)cc1Cl. The highest BCUT2D eigenvalue weighted by atomic mass is 35.5. The molecule has 2 aromatic rings. The highest BCUT2D eigenvalue weighted by Crippen LogP contribution is 2.36. The number of hydrogen-bond donors (Lipinski definition) is 2. The number of rotatable bonds is 6. The lowest BCUT2D eigenvalue weighted by Crippen LogP contribution is -2.40. The maximum absolute atomic E-state index is 12.7. The molecule has 0 heterocycles. The number of methoxy groups -OCH3 is 2. The highest BCUT2D eigenvalue weighted by Gasteiger charge is 2.25. The van der Waals surface area contributed by atoms with Gasteiger partial charge in [-0.05, 0) is 39.0 Å². The van der Waals surface area contributed by atoms with E-state index in [0.29, 0.717) is 22.2 Å². The van der Waals surface area contributed by atoms with Gasteiger partial charge in [-0.3, -0.25) is 4.79 Å². The van der Waals surface area contributed by atoms with Crippen LogP contribution in [0.2, 0.25) is 10.0 Å². The molecule has 2 N–H and O–H groups in total. The molecule has 158 valence electrons. The van der Waals surface area contributed by atoms with Gasteiger partial charge in [-0.25, -0.2) is 13.1 Å². The van der Waals surface area contributed by atoms with Gasteiger partial charge in [-0.15, -0.1) is 0 Å². The molecule has 29 heavy (non-hydrogen) atoms. The van der Waals surface area contributed by atoms with Gasteiger partial charge < -0.3 is 14.8 Å². The van der Waals surface area contributed by atoms with E-state index >= 15 is 0 Å². The maximum atomic E-state index is 12.7. The van der Waals surface area contributed by atoms with Crippen molar-refractivity contribution in [2.24, 2.45) is 0 Å². The molecular weight excluding hydrogens is 439 g/mol. The molecule has 0 aliphatic rings. The van der Waals surface area contributed by atoms with Crippen molar-refractivity contribution in [3.63, 3.8) is 0 Å². The fraction of sp³-hybridized carbons (Fsp3) is 0.316. The third-order valence-corrected chi connectivity index (χ3v) is 6.18. The Labute approximate surface area is 180 Å². The van der Waals surface area contributed by atoms with E-state index in [1.807, 2.05) is 0 Å². The molecule has 0 aromatic heterocycles. The zero-order valence-electron chi connectivity index (χ0n) is 16.6. The van der Waals surface area contributed by atoms with Crippen molar-refractivity contribution >= 4 is 44.8 Å². The van der Waals surface area contributed by atoms with Gasteiger partial charge in [-0.2, -0.15) is 0 Å². The largest absolute Gasteiger partial charge is 0.495 e.